The van der Waals surface area contributed by atoms with Gasteiger partial charge in [0, 0.05) is 13.1 Å². The summed E-state index contributed by atoms with van der Waals surface area (Å²) in [6.07, 6.45) is 3.88. The van der Waals surface area contributed by atoms with E-state index in [1.807, 2.05) is 6.07 Å². The maximum Gasteiger partial charge on any atom is 0.243 e. The van der Waals surface area contributed by atoms with Crippen molar-refractivity contribution in [2.24, 2.45) is 0 Å². The highest BCUT2D eigenvalue weighted by atomic mass is 35.5. The molecule has 1 aliphatic heterocycles. The van der Waals surface area contributed by atoms with Gasteiger partial charge in [-0.25, -0.2) is 8.42 Å². The summed E-state index contributed by atoms with van der Waals surface area (Å²) in [5, 5.41) is 9.16. The predicted octanol–water partition coefficient (Wildman–Crippen LogP) is 3.89. The molecule has 1 saturated heterocycles. The van der Waals surface area contributed by atoms with Crippen molar-refractivity contribution in [3.05, 3.63) is 64.9 Å². The molecule has 3 aromatic rings. The van der Waals surface area contributed by atoms with E-state index >= 15 is 0 Å². The SMILES string of the molecule is O=S(=O)(c1ccc(-c2ccc(Cl)c(Cl)c2)cc1)N1CCC(n2nccn2)C1. The zero-order valence-electron chi connectivity index (χ0n) is 14.2. The Morgan fingerprint density at radius 1 is 0.926 bits per heavy atom. The molecule has 0 radical (unpaired) electrons. The number of rotatable bonds is 4. The molecular formula is C18H16Cl2N4O2S. The standard InChI is InChI=1S/C18H16Cl2N4O2S/c19-17-6-3-14(11-18(17)20)13-1-4-16(5-2-13)27(25,26)23-10-7-15(12-23)24-21-8-9-22-24/h1-6,8-9,11,15H,7,10,12H2. The maximum atomic E-state index is 12.9. The van der Waals surface area contributed by atoms with Gasteiger partial charge in [-0.1, -0.05) is 41.4 Å². The van der Waals surface area contributed by atoms with E-state index in [9.17, 15) is 8.42 Å². The van der Waals surface area contributed by atoms with E-state index in [1.54, 1.807) is 53.6 Å². The molecule has 0 saturated carbocycles. The molecule has 1 fully saturated rings. The molecule has 1 aromatic heterocycles. The molecule has 0 N–H and O–H groups in total. The molecule has 6 nitrogen and oxygen atoms in total. The van der Waals surface area contributed by atoms with Crippen molar-refractivity contribution in [2.45, 2.75) is 17.4 Å². The van der Waals surface area contributed by atoms with Crippen molar-refractivity contribution in [2.75, 3.05) is 13.1 Å². The highest BCUT2D eigenvalue weighted by Gasteiger charge is 2.34. The summed E-state index contributed by atoms with van der Waals surface area (Å²) in [5.74, 6) is 0. The van der Waals surface area contributed by atoms with Crippen LogP contribution < -0.4 is 0 Å². The lowest BCUT2D eigenvalue weighted by Gasteiger charge is -2.16. The Hall–Kier alpha value is -1.93. The molecule has 140 valence electrons. The third kappa shape index (κ3) is 3.60. The Kier molecular flexibility index (Phi) is 4.94. The summed E-state index contributed by atoms with van der Waals surface area (Å²) in [7, 11) is -3.56. The predicted molar refractivity (Wildman–Crippen MR) is 104 cm³/mol. The van der Waals surface area contributed by atoms with Crippen molar-refractivity contribution in [3.63, 3.8) is 0 Å². The summed E-state index contributed by atoms with van der Waals surface area (Å²) in [6, 6.07) is 12.1. The van der Waals surface area contributed by atoms with Crippen LogP contribution in [-0.2, 0) is 10.0 Å². The minimum absolute atomic E-state index is 0.0368. The van der Waals surface area contributed by atoms with E-state index in [0.717, 1.165) is 11.1 Å². The number of halogens is 2. The lowest BCUT2D eigenvalue weighted by Crippen LogP contribution is -2.29. The molecule has 2 aromatic carbocycles. The van der Waals surface area contributed by atoms with Gasteiger partial charge in [0.1, 0.15) is 0 Å². The summed E-state index contributed by atoms with van der Waals surface area (Å²) >= 11 is 12.0. The molecular weight excluding hydrogens is 407 g/mol. The summed E-state index contributed by atoms with van der Waals surface area (Å²) in [5.41, 5.74) is 1.74. The first kappa shape index (κ1) is 18.4. The first-order valence-corrected chi connectivity index (χ1v) is 10.6. The molecule has 1 atom stereocenters. The van der Waals surface area contributed by atoms with Crippen LogP contribution in [0.5, 0.6) is 0 Å². The second-order valence-corrected chi connectivity index (χ2v) is 9.06. The fraction of sp³-hybridized carbons (Fsp3) is 0.222. The summed E-state index contributed by atoms with van der Waals surface area (Å²) in [6.45, 7) is 0.814. The van der Waals surface area contributed by atoms with Crippen LogP contribution in [0.25, 0.3) is 11.1 Å². The normalized spacial score (nSPS) is 18.1. The Bertz CT molecular complexity index is 1050. The van der Waals surface area contributed by atoms with E-state index in [-0.39, 0.29) is 10.9 Å². The van der Waals surface area contributed by atoms with Gasteiger partial charge in [0.2, 0.25) is 10.0 Å². The number of hydrogen-bond donors (Lipinski definition) is 0. The van der Waals surface area contributed by atoms with Crippen LogP contribution in [0, 0.1) is 0 Å². The van der Waals surface area contributed by atoms with Gasteiger partial charge in [-0.05, 0) is 41.8 Å². The molecule has 0 spiro atoms. The second kappa shape index (κ2) is 7.24. The third-order valence-electron chi connectivity index (χ3n) is 4.63. The molecule has 27 heavy (non-hydrogen) atoms. The number of benzene rings is 2. The van der Waals surface area contributed by atoms with Gasteiger partial charge in [-0.15, -0.1) is 0 Å². The van der Waals surface area contributed by atoms with E-state index in [1.165, 1.54) is 4.31 Å². The van der Waals surface area contributed by atoms with E-state index in [2.05, 4.69) is 10.2 Å². The Morgan fingerprint density at radius 2 is 1.59 bits per heavy atom. The zero-order chi connectivity index (χ0) is 19.0. The van der Waals surface area contributed by atoms with Crippen LogP contribution in [0.2, 0.25) is 10.0 Å². The molecule has 0 bridgehead atoms. The Labute approximate surface area is 167 Å². The summed E-state index contributed by atoms with van der Waals surface area (Å²) in [4.78, 5) is 1.84. The fourth-order valence-electron chi connectivity index (χ4n) is 3.18. The molecule has 9 heteroatoms. The van der Waals surface area contributed by atoms with Crippen LogP contribution in [0.1, 0.15) is 12.5 Å². The number of hydrogen-bond acceptors (Lipinski definition) is 4. The van der Waals surface area contributed by atoms with Crippen LogP contribution in [-0.4, -0.2) is 40.8 Å². The van der Waals surface area contributed by atoms with Gasteiger partial charge in [-0.3, -0.25) is 0 Å². The van der Waals surface area contributed by atoms with Gasteiger partial charge in [0.25, 0.3) is 0 Å². The van der Waals surface area contributed by atoms with Crippen LogP contribution in [0.15, 0.2) is 59.8 Å². The molecule has 1 unspecified atom stereocenters. The lowest BCUT2D eigenvalue weighted by molar-refractivity contribution is 0.402. The molecule has 2 heterocycles. The molecule has 4 rings (SSSR count). The molecule has 1 aliphatic rings. The quantitative estimate of drug-likeness (QED) is 0.639. The minimum atomic E-state index is -3.56. The first-order chi connectivity index (χ1) is 12.9. The number of sulfonamides is 1. The van der Waals surface area contributed by atoms with Crippen LogP contribution in [0.4, 0.5) is 0 Å². The van der Waals surface area contributed by atoms with Crippen molar-refractivity contribution in [3.8, 4) is 11.1 Å². The Morgan fingerprint density at radius 3 is 2.26 bits per heavy atom. The maximum absolute atomic E-state index is 12.9. The highest BCUT2D eigenvalue weighted by molar-refractivity contribution is 7.89. The summed E-state index contributed by atoms with van der Waals surface area (Å²) < 4.78 is 27.3. The lowest BCUT2D eigenvalue weighted by atomic mass is 10.1. The molecule has 0 aliphatic carbocycles. The smallest absolute Gasteiger partial charge is 0.207 e. The van der Waals surface area contributed by atoms with Crippen LogP contribution in [0.3, 0.4) is 0 Å². The average Bonchev–Trinajstić information content (AvgIpc) is 3.36. The van der Waals surface area contributed by atoms with Crippen molar-refractivity contribution in [1.82, 2.24) is 19.3 Å². The van der Waals surface area contributed by atoms with Gasteiger partial charge < -0.3 is 0 Å². The fourth-order valence-corrected chi connectivity index (χ4v) is 4.97. The van der Waals surface area contributed by atoms with Crippen molar-refractivity contribution in [1.29, 1.82) is 0 Å². The Balaban J connectivity index is 1.55. The van der Waals surface area contributed by atoms with Gasteiger partial charge >= 0.3 is 0 Å². The number of nitrogens with zero attached hydrogens (tertiary/aromatic N) is 4. The topological polar surface area (TPSA) is 68.1 Å². The minimum Gasteiger partial charge on any atom is -0.207 e. The first-order valence-electron chi connectivity index (χ1n) is 8.36. The van der Waals surface area contributed by atoms with Gasteiger partial charge in [-0.2, -0.15) is 19.3 Å². The van der Waals surface area contributed by atoms with E-state index in [4.69, 9.17) is 23.2 Å². The zero-order valence-corrected chi connectivity index (χ0v) is 16.5. The monoisotopic (exact) mass is 422 g/mol. The van der Waals surface area contributed by atoms with E-state index < -0.39 is 10.0 Å². The second-order valence-electron chi connectivity index (χ2n) is 6.31. The van der Waals surface area contributed by atoms with Gasteiger partial charge in [0.15, 0.2) is 0 Å². The largest absolute Gasteiger partial charge is 0.243 e. The van der Waals surface area contributed by atoms with Crippen molar-refractivity contribution < 1.29 is 8.42 Å². The van der Waals surface area contributed by atoms with Gasteiger partial charge in [0.05, 0.1) is 33.4 Å². The number of aromatic nitrogens is 3. The highest BCUT2D eigenvalue weighted by Crippen LogP contribution is 2.30. The average molecular weight is 423 g/mol. The van der Waals surface area contributed by atoms with E-state index in [0.29, 0.717) is 29.6 Å². The van der Waals surface area contributed by atoms with Crippen molar-refractivity contribution >= 4 is 33.2 Å². The third-order valence-corrected chi connectivity index (χ3v) is 7.25. The molecule has 0 amide bonds. The van der Waals surface area contributed by atoms with Crippen LogP contribution >= 0.6 is 23.2 Å².